The number of hydrogen-bond donors (Lipinski definition) is 1. The number of nitrogens with two attached hydrogens (primary N) is 1. The Morgan fingerprint density at radius 2 is 2.12 bits per heavy atom. The third-order valence-electron chi connectivity index (χ3n) is 2.39. The first kappa shape index (κ1) is 11.3. The van der Waals surface area contributed by atoms with E-state index in [9.17, 15) is 0 Å². The average molecular weight is 233 g/mol. The molecule has 0 amide bonds. The Hall–Kier alpha value is -2.18. The molecule has 0 spiro atoms. The summed E-state index contributed by atoms with van der Waals surface area (Å²) in [5, 5.41) is 0. The molecule has 90 valence electrons. The molecule has 0 unspecified atom stereocenters. The highest BCUT2D eigenvalue weighted by Crippen LogP contribution is 2.09. The van der Waals surface area contributed by atoms with Gasteiger partial charge in [-0.1, -0.05) is 0 Å². The van der Waals surface area contributed by atoms with Gasteiger partial charge in [-0.05, 0) is 6.92 Å². The van der Waals surface area contributed by atoms with Crippen LogP contribution in [0.25, 0.3) is 0 Å². The zero-order valence-corrected chi connectivity index (χ0v) is 10.1. The first-order valence-electron chi connectivity index (χ1n) is 5.22. The molecule has 2 heterocycles. The van der Waals surface area contributed by atoms with Crippen LogP contribution in [0.4, 0.5) is 11.9 Å². The SMILES string of the molecule is Cc1nc(N)nc(N(C)Cc2nccn2C)n1. The number of rotatable bonds is 3. The molecular weight excluding hydrogens is 218 g/mol. The summed E-state index contributed by atoms with van der Waals surface area (Å²) in [5.41, 5.74) is 5.59. The van der Waals surface area contributed by atoms with E-state index in [1.54, 1.807) is 13.1 Å². The van der Waals surface area contributed by atoms with E-state index in [1.165, 1.54) is 0 Å². The number of aromatic nitrogens is 5. The van der Waals surface area contributed by atoms with Crippen LogP contribution in [0.3, 0.4) is 0 Å². The van der Waals surface area contributed by atoms with E-state index in [1.807, 2.05) is 29.8 Å². The van der Waals surface area contributed by atoms with Gasteiger partial charge in [-0.3, -0.25) is 0 Å². The minimum atomic E-state index is 0.235. The lowest BCUT2D eigenvalue weighted by Crippen LogP contribution is -2.22. The van der Waals surface area contributed by atoms with Crippen molar-refractivity contribution in [3.05, 3.63) is 24.0 Å². The molecule has 0 fully saturated rings. The van der Waals surface area contributed by atoms with Crippen LogP contribution >= 0.6 is 0 Å². The van der Waals surface area contributed by atoms with E-state index >= 15 is 0 Å². The van der Waals surface area contributed by atoms with Crippen LogP contribution in [-0.2, 0) is 13.6 Å². The Labute approximate surface area is 99.3 Å². The highest BCUT2D eigenvalue weighted by atomic mass is 15.3. The van der Waals surface area contributed by atoms with E-state index in [2.05, 4.69) is 19.9 Å². The predicted octanol–water partition coefficient (Wildman–Crippen LogP) is 0.132. The van der Waals surface area contributed by atoms with Crippen molar-refractivity contribution in [2.75, 3.05) is 17.7 Å². The predicted molar refractivity (Wildman–Crippen MR) is 64.3 cm³/mol. The van der Waals surface area contributed by atoms with Gasteiger partial charge in [0.05, 0.1) is 6.54 Å². The Kier molecular flexibility index (Phi) is 2.90. The van der Waals surface area contributed by atoms with Crippen LogP contribution in [0.1, 0.15) is 11.6 Å². The molecule has 0 aliphatic carbocycles. The van der Waals surface area contributed by atoms with Crippen molar-refractivity contribution in [3.63, 3.8) is 0 Å². The minimum Gasteiger partial charge on any atom is -0.368 e. The molecular formula is C10H15N7. The molecule has 0 radical (unpaired) electrons. The second kappa shape index (κ2) is 4.36. The van der Waals surface area contributed by atoms with Gasteiger partial charge in [-0.15, -0.1) is 0 Å². The first-order chi connectivity index (χ1) is 8.06. The Morgan fingerprint density at radius 3 is 2.71 bits per heavy atom. The summed E-state index contributed by atoms with van der Waals surface area (Å²) in [6.07, 6.45) is 3.66. The summed E-state index contributed by atoms with van der Waals surface area (Å²) in [4.78, 5) is 18.4. The van der Waals surface area contributed by atoms with E-state index in [-0.39, 0.29) is 5.95 Å². The fraction of sp³-hybridized carbons (Fsp3) is 0.400. The normalized spacial score (nSPS) is 10.5. The summed E-state index contributed by atoms with van der Waals surface area (Å²) in [7, 11) is 3.84. The van der Waals surface area contributed by atoms with Crippen molar-refractivity contribution in [2.45, 2.75) is 13.5 Å². The van der Waals surface area contributed by atoms with Crippen molar-refractivity contribution in [2.24, 2.45) is 7.05 Å². The van der Waals surface area contributed by atoms with Crippen LogP contribution < -0.4 is 10.6 Å². The van der Waals surface area contributed by atoms with Crippen LogP contribution in [-0.4, -0.2) is 31.6 Å². The third-order valence-corrected chi connectivity index (χ3v) is 2.39. The van der Waals surface area contributed by atoms with Crippen molar-refractivity contribution in [1.82, 2.24) is 24.5 Å². The second-order valence-corrected chi connectivity index (χ2v) is 3.85. The molecule has 0 aliphatic rings. The van der Waals surface area contributed by atoms with E-state index in [4.69, 9.17) is 5.73 Å². The third kappa shape index (κ3) is 2.49. The van der Waals surface area contributed by atoms with Gasteiger partial charge in [0.15, 0.2) is 0 Å². The summed E-state index contributed by atoms with van der Waals surface area (Å²) >= 11 is 0. The Balaban J connectivity index is 2.20. The lowest BCUT2D eigenvalue weighted by Gasteiger charge is -2.16. The maximum Gasteiger partial charge on any atom is 0.230 e. The summed E-state index contributed by atoms with van der Waals surface area (Å²) in [6, 6.07) is 0. The summed E-state index contributed by atoms with van der Waals surface area (Å²) < 4.78 is 1.95. The van der Waals surface area contributed by atoms with Gasteiger partial charge in [0.1, 0.15) is 11.6 Å². The van der Waals surface area contributed by atoms with Crippen LogP contribution in [0.2, 0.25) is 0 Å². The van der Waals surface area contributed by atoms with E-state index in [0.717, 1.165) is 5.82 Å². The van der Waals surface area contributed by atoms with E-state index in [0.29, 0.717) is 18.3 Å². The highest BCUT2D eigenvalue weighted by Gasteiger charge is 2.09. The largest absolute Gasteiger partial charge is 0.368 e. The average Bonchev–Trinajstić information content (AvgIpc) is 2.63. The maximum atomic E-state index is 5.59. The van der Waals surface area contributed by atoms with Gasteiger partial charge < -0.3 is 15.2 Å². The van der Waals surface area contributed by atoms with Gasteiger partial charge in [0, 0.05) is 26.5 Å². The molecule has 2 N–H and O–H groups in total. The van der Waals surface area contributed by atoms with Gasteiger partial charge >= 0.3 is 0 Å². The molecule has 0 aliphatic heterocycles. The number of anilines is 2. The number of nitrogen functional groups attached to an aromatic ring is 1. The minimum absolute atomic E-state index is 0.235. The summed E-state index contributed by atoms with van der Waals surface area (Å²) in [6.45, 7) is 2.41. The number of nitrogens with zero attached hydrogens (tertiary/aromatic N) is 6. The van der Waals surface area contributed by atoms with E-state index < -0.39 is 0 Å². The van der Waals surface area contributed by atoms with Crippen LogP contribution in [0, 0.1) is 6.92 Å². The number of aryl methyl sites for hydroxylation is 2. The molecule has 7 nitrogen and oxygen atoms in total. The summed E-state index contributed by atoms with van der Waals surface area (Å²) in [5.74, 6) is 2.33. The van der Waals surface area contributed by atoms with Crippen LogP contribution in [0.5, 0.6) is 0 Å². The quantitative estimate of drug-likeness (QED) is 0.811. The number of imidazole rings is 1. The monoisotopic (exact) mass is 233 g/mol. The lowest BCUT2D eigenvalue weighted by atomic mass is 10.5. The van der Waals surface area contributed by atoms with Gasteiger partial charge in [-0.2, -0.15) is 15.0 Å². The Bertz CT molecular complexity index is 499. The van der Waals surface area contributed by atoms with Crippen molar-refractivity contribution in [3.8, 4) is 0 Å². The smallest absolute Gasteiger partial charge is 0.230 e. The maximum absolute atomic E-state index is 5.59. The van der Waals surface area contributed by atoms with Crippen LogP contribution in [0.15, 0.2) is 12.4 Å². The molecule has 2 rings (SSSR count). The van der Waals surface area contributed by atoms with Crippen molar-refractivity contribution < 1.29 is 0 Å². The fourth-order valence-corrected chi connectivity index (χ4v) is 1.49. The first-order valence-corrected chi connectivity index (χ1v) is 5.22. The second-order valence-electron chi connectivity index (χ2n) is 3.85. The molecule has 2 aromatic rings. The molecule has 0 saturated carbocycles. The molecule has 0 aromatic carbocycles. The fourth-order valence-electron chi connectivity index (χ4n) is 1.49. The Morgan fingerprint density at radius 1 is 1.35 bits per heavy atom. The standard InChI is InChI=1S/C10H15N7/c1-7-13-9(11)15-10(14-7)17(3)6-8-12-4-5-16(8)2/h4-5H,6H2,1-3H3,(H2,11,13,14,15). The molecule has 17 heavy (non-hydrogen) atoms. The highest BCUT2D eigenvalue weighted by molar-refractivity contribution is 5.33. The molecule has 0 bridgehead atoms. The zero-order chi connectivity index (χ0) is 12.4. The molecule has 0 atom stereocenters. The van der Waals surface area contributed by atoms with Gasteiger partial charge in [-0.25, -0.2) is 4.98 Å². The molecule has 0 saturated heterocycles. The number of hydrogen-bond acceptors (Lipinski definition) is 6. The van der Waals surface area contributed by atoms with Gasteiger partial charge in [0.2, 0.25) is 11.9 Å². The van der Waals surface area contributed by atoms with Crippen molar-refractivity contribution in [1.29, 1.82) is 0 Å². The topological polar surface area (TPSA) is 85.8 Å². The van der Waals surface area contributed by atoms with Crippen molar-refractivity contribution >= 4 is 11.9 Å². The zero-order valence-electron chi connectivity index (χ0n) is 10.1. The lowest BCUT2D eigenvalue weighted by molar-refractivity contribution is 0.742. The van der Waals surface area contributed by atoms with Gasteiger partial charge in [0.25, 0.3) is 0 Å². The molecule has 2 aromatic heterocycles. The molecule has 7 heteroatoms.